The van der Waals surface area contributed by atoms with Crippen LogP contribution in [-0.2, 0) is 14.1 Å². The zero-order valence-corrected chi connectivity index (χ0v) is 15.8. The maximum absolute atomic E-state index is 11.0. The fraction of sp³-hybridized carbons (Fsp3) is 0.529. The largest absolute Gasteiger partial charge is 0.347 e. The molecule has 0 aliphatic carbocycles. The minimum Gasteiger partial charge on any atom is -0.302 e. The van der Waals surface area contributed by atoms with E-state index in [9.17, 15) is 9.59 Å². The van der Waals surface area contributed by atoms with Crippen LogP contribution in [0.15, 0.2) is 28.0 Å². The second-order valence-corrected chi connectivity index (χ2v) is 4.42. The van der Waals surface area contributed by atoms with Gasteiger partial charge in [-0.15, -0.1) is 0 Å². The summed E-state index contributed by atoms with van der Waals surface area (Å²) >= 11 is 0. The number of aryl methyl sites for hydroxylation is 5. The van der Waals surface area contributed by atoms with E-state index >= 15 is 0 Å². The number of hydrogen-bond acceptors (Lipinski definition) is 4. The summed E-state index contributed by atoms with van der Waals surface area (Å²) in [4.78, 5) is 25.2. The molecule has 0 saturated heterocycles. The predicted octanol–water partition coefficient (Wildman–Crippen LogP) is 2.54. The molecule has 0 unspecified atom stereocenters. The Morgan fingerprint density at radius 2 is 1.48 bits per heavy atom. The van der Waals surface area contributed by atoms with Crippen molar-refractivity contribution < 1.29 is 0 Å². The van der Waals surface area contributed by atoms with Crippen molar-refractivity contribution in [1.29, 1.82) is 0 Å². The second-order valence-electron chi connectivity index (χ2n) is 4.42. The van der Waals surface area contributed by atoms with Gasteiger partial charge in [0.25, 0.3) is 5.56 Å². The highest BCUT2D eigenvalue weighted by Gasteiger charge is 1.96. The highest BCUT2D eigenvalue weighted by molar-refractivity contribution is 5.09. The second kappa shape index (κ2) is 12.3. The van der Waals surface area contributed by atoms with Crippen LogP contribution in [0.2, 0.25) is 0 Å². The lowest BCUT2D eigenvalue weighted by Crippen LogP contribution is -2.22. The van der Waals surface area contributed by atoms with Crippen molar-refractivity contribution in [2.75, 3.05) is 0 Å². The Morgan fingerprint density at radius 1 is 0.957 bits per heavy atom. The first-order chi connectivity index (χ1) is 10.8. The maximum atomic E-state index is 11.0. The quantitative estimate of drug-likeness (QED) is 0.747. The third-order valence-electron chi connectivity index (χ3n) is 2.44. The smallest absolute Gasteiger partial charge is 0.302 e. The Kier molecular flexibility index (Phi) is 12.3. The van der Waals surface area contributed by atoms with E-state index in [2.05, 4.69) is 10.1 Å². The van der Waals surface area contributed by atoms with E-state index in [1.54, 1.807) is 39.5 Å². The molecule has 2 aromatic heterocycles. The van der Waals surface area contributed by atoms with Gasteiger partial charge < -0.3 is 4.57 Å². The van der Waals surface area contributed by atoms with Crippen molar-refractivity contribution in [3.63, 3.8) is 0 Å². The first-order valence-electron chi connectivity index (χ1n) is 7.82. The molecule has 2 rings (SSSR count). The fourth-order valence-electron chi connectivity index (χ4n) is 1.58. The lowest BCUT2D eigenvalue weighted by molar-refractivity contribution is 0.685. The van der Waals surface area contributed by atoms with Gasteiger partial charge in [-0.25, -0.2) is 14.5 Å². The van der Waals surface area contributed by atoms with E-state index in [4.69, 9.17) is 0 Å². The van der Waals surface area contributed by atoms with Crippen LogP contribution in [0.4, 0.5) is 0 Å². The van der Waals surface area contributed by atoms with Crippen molar-refractivity contribution in [3.05, 3.63) is 56.1 Å². The van der Waals surface area contributed by atoms with Gasteiger partial charge in [0.1, 0.15) is 0 Å². The van der Waals surface area contributed by atoms with Crippen LogP contribution < -0.4 is 11.2 Å². The van der Waals surface area contributed by atoms with Gasteiger partial charge in [0.05, 0.1) is 5.69 Å². The summed E-state index contributed by atoms with van der Waals surface area (Å²) in [5.74, 6) is 0. The molecule has 2 heterocycles. The topological polar surface area (TPSA) is 69.8 Å². The van der Waals surface area contributed by atoms with Gasteiger partial charge in [-0.3, -0.25) is 4.79 Å². The van der Waals surface area contributed by atoms with Gasteiger partial charge in [0.15, 0.2) is 0 Å². The Labute approximate surface area is 138 Å². The molecule has 0 bridgehead atoms. The van der Waals surface area contributed by atoms with E-state index < -0.39 is 0 Å². The van der Waals surface area contributed by atoms with Gasteiger partial charge in [0.2, 0.25) is 0 Å². The van der Waals surface area contributed by atoms with Crippen LogP contribution in [0.3, 0.4) is 0 Å². The summed E-state index contributed by atoms with van der Waals surface area (Å²) in [6.45, 7) is 13.6. The van der Waals surface area contributed by atoms with E-state index in [0.717, 1.165) is 16.8 Å². The molecule has 0 atom stereocenters. The molecule has 0 N–H and O–H groups in total. The average Bonchev–Trinajstić information content (AvgIpc) is 2.53. The monoisotopic (exact) mass is 322 g/mol. The first kappa shape index (κ1) is 23.0. The molecule has 0 saturated carbocycles. The molecule has 130 valence electrons. The zero-order chi connectivity index (χ0) is 18.6. The molecule has 0 aromatic carbocycles. The van der Waals surface area contributed by atoms with Crippen molar-refractivity contribution in [1.82, 2.24) is 19.3 Å². The molecular weight excluding hydrogens is 292 g/mol. The third kappa shape index (κ3) is 8.70. The van der Waals surface area contributed by atoms with Gasteiger partial charge in [0, 0.05) is 32.1 Å². The number of rotatable bonds is 0. The normalized spacial score (nSPS) is 8.57. The lowest BCUT2D eigenvalue weighted by atomic mass is 10.3. The van der Waals surface area contributed by atoms with Crippen molar-refractivity contribution >= 4 is 0 Å². The van der Waals surface area contributed by atoms with E-state index in [1.165, 1.54) is 9.25 Å². The molecule has 0 aliphatic rings. The van der Waals surface area contributed by atoms with Gasteiger partial charge in [-0.1, -0.05) is 27.7 Å². The molecule has 2 aromatic rings. The van der Waals surface area contributed by atoms with Crippen LogP contribution in [-0.4, -0.2) is 19.3 Å². The standard InChI is InChI=1S/C7H10N2O.C6H8N2O.2C2H6/c1-5-4-6(2)8-9(3)7(5)10;1-5-3-7-6(9)8(2)4-5;2*1-2/h4H,1-3H3;3-4H,1-2H3;2*1-2H3. The van der Waals surface area contributed by atoms with E-state index in [-0.39, 0.29) is 11.2 Å². The highest BCUT2D eigenvalue weighted by atomic mass is 16.1. The third-order valence-corrected chi connectivity index (χ3v) is 2.44. The van der Waals surface area contributed by atoms with Crippen LogP contribution >= 0.6 is 0 Å². The van der Waals surface area contributed by atoms with Crippen LogP contribution in [0.1, 0.15) is 44.5 Å². The first-order valence-corrected chi connectivity index (χ1v) is 7.82. The molecule has 23 heavy (non-hydrogen) atoms. The average molecular weight is 322 g/mol. The van der Waals surface area contributed by atoms with Gasteiger partial charge >= 0.3 is 5.69 Å². The Morgan fingerprint density at radius 3 is 1.87 bits per heavy atom. The summed E-state index contributed by atoms with van der Waals surface area (Å²) < 4.78 is 2.81. The van der Waals surface area contributed by atoms with Crippen LogP contribution in [0, 0.1) is 20.8 Å². The summed E-state index contributed by atoms with van der Waals surface area (Å²) in [5.41, 5.74) is 2.39. The zero-order valence-electron chi connectivity index (χ0n) is 15.8. The number of aromatic nitrogens is 4. The predicted molar refractivity (Wildman–Crippen MR) is 95.9 cm³/mol. The summed E-state index contributed by atoms with van der Waals surface area (Å²) in [6, 6.07) is 1.78. The molecule has 0 spiro atoms. The molecule has 0 fully saturated rings. The maximum Gasteiger partial charge on any atom is 0.347 e. The Hall–Kier alpha value is -2.24. The van der Waals surface area contributed by atoms with Gasteiger partial charge in [-0.2, -0.15) is 5.10 Å². The summed E-state index contributed by atoms with van der Waals surface area (Å²) in [5, 5.41) is 3.94. The minimum atomic E-state index is -0.208. The van der Waals surface area contributed by atoms with Crippen molar-refractivity contribution in [3.8, 4) is 0 Å². The molecular formula is C17H30N4O2. The Balaban J connectivity index is 0. The number of nitrogens with zero attached hydrogens (tertiary/aromatic N) is 4. The van der Waals surface area contributed by atoms with Crippen LogP contribution in [0.25, 0.3) is 0 Å². The van der Waals surface area contributed by atoms with Crippen LogP contribution in [0.5, 0.6) is 0 Å². The van der Waals surface area contributed by atoms with Gasteiger partial charge in [-0.05, 0) is 32.4 Å². The molecule has 0 radical (unpaired) electrons. The van der Waals surface area contributed by atoms with E-state index in [0.29, 0.717) is 0 Å². The van der Waals surface area contributed by atoms with E-state index in [1.807, 2.05) is 41.5 Å². The molecule has 0 amide bonds. The SMILES string of the molecule is CC.CC.Cc1cc(C)c(=O)n(C)n1.Cc1cnc(=O)n(C)c1. The molecule has 6 nitrogen and oxygen atoms in total. The minimum absolute atomic E-state index is 0.0226. The van der Waals surface area contributed by atoms with Crippen molar-refractivity contribution in [2.45, 2.75) is 48.5 Å². The molecule has 6 heteroatoms. The number of hydrogen-bond donors (Lipinski definition) is 0. The van der Waals surface area contributed by atoms with Crippen molar-refractivity contribution in [2.24, 2.45) is 14.1 Å². The summed E-state index contributed by atoms with van der Waals surface area (Å²) in [6.07, 6.45) is 3.30. The fourth-order valence-corrected chi connectivity index (χ4v) is 1.58. The summed E-state index contributed by atoms with van der Waals surface area (Å²) in [7, 11) is 3.34. The molecule has 0 aliphatic heterocycles. The highest BCUT2D eigenvalue weighted by Crippen LogP contribution is 1.90. The lowest BCUT2D eigenvalue weighted by Gasteiger charge is -1.98. The Bertz CT molecular complexity index is 661.